The third kappa shape index (κ3) is 10.8. The van der Waals surface area contributed by atoms with Gasteiger partial charge in [0.1, 0.15) is 12.2 Å². The first-order valence-electron chi connectivity index (χ1n) is 14.7. The fourth-order valence-electron chi connectivity index (χ4n) is 4.83. The Labute approximate surface area is 234 Å². The fourth-order valence-corrected chi connectivity index (χ4v) is 4.83. The third-order valence-corrected chi connectivity index (χ3v) is 7.53. The minimum Gasteiger partial charge on any atom is -0.592 e. The van der Waals surface area contributed by atoms with Crippen LogP contribution in [0.4, 0.5) is 0 Å². The van der Waals surface area contributed by atoms with Gasteiger partial charge < -0.3 is 30.5 Å². The highest BCUT2D eigenvalue weighted by Crippen LogP contribution is 2.31. The lowest BCUT2D eigenvalue weighted by atomic mass is 9.94. The summed E-state index contributed by atoms with van der Waals surface area (Å²) in [5.41, 5.74) is 7.77. The van der Waals surface area contributed by atoms with Gasteiger partial charge in [-0.2, -0.15) is 12.5 Å². The van der Waals surface area contributed by atoms with Gasteiger partial charge in [0.05, 0.1) is 24.7 Å². The number of unbranched alkanes of at least 4 members (excludes halogenated alkanes) is 4. The van der Waals surface area contributed by atoms with Gasteiger partial charge in [-0.15, -0.1) is 4.99 Å². The molecule has 2 aliphatic heterocycles. The number of aliphatic imine (C=N–C) groups is 1. The summed E-state index contributed by atoms with van der Waals surface area (Å²) in [7, 11) is 0. The Balaban J connectivity index is 1.35. The Morgan fingerprint density at radius 2 is 1.90 bits per heavy atom. The van der Waals surface area contributed by atoms with Crippen molar-refractivity contribution in [2.45, 2.75) is 103 Å². The lowest BCUT2D eigenvalue weighted by molar-refractivity contribution is 0.0235. The van der Waals surface area contributed by atoms with E-state index < -0.39 is 12.2 Å². The zero-order valence-electron chi connectivity index (χ0n) is 23.7. The van der Waals surface area contributed by atoms with Gasteiger partial charge in [-0.05, 0) is 70.2 Å². The SMILES string of the molecule is C[C@H](O)[C@H](O)CC[C@H](C)C1=C[C+](CCOc2cc(CCC3=C[CH-]C(CCCCCCCN)O3)ccc2O)N=C1. The number of ether oxygens (including phenoxy) is 2. The monoisotopic (exact) mass is 540 g/mol. The molecule has 216 valence electrons. The van der Waals surface area contributed by atoms with Crippen LogP contribution in [-0.2, 0) is 11.2 Å². The average molecular weight is 541 g/mol. The summed E-state index contributed by atoms with van der Waals surface area (Å²) in [6, 6.07) is 6.47. The molecule has 3 rings (SSSR count). The van der Waals surface area contributed by atoms with Gasteiger partial charge in [-0.3, -0.25) is 0 Å². The molecule has 1 aromatic carbocycles. The van der Waals surface area contributed by atoms with Gasteiger partial charge in [0.2, 0.25) is 0 Å². The molecule has 0 spiro atoms. The summed E-state index contributed by atoms with van der Waals surface area (Å²) < 4.78 is 12.0. The molecule has 1 unspecified atom stereocenters. The molecule has 7 heteroatoms. The number of aryl methyl sites for hydroxylation is 1. The van der Waals surface area contributed by atoms with Gasteiger partial charge in [-0.25, -0.2) is 0 Å². The minimum absolute atomic E-state index is 0.136. The van der Waals surface area contributed by atoms with Crippen LogP contribution in [0.1, 0.15) is 83.6 Å². The lowest BCUT2D eigenvalue weighted by Crippen LogP contribution is -2.23. The molecule has 2 aliphatic rings. The summed E-state index contributed by atoms with van der Waals surface area (Å²) in [4.78, 5) is 4.50. The number of aliphatic hydroxyl groups excluding tert-OH is 2. The highest BCUT2D eigenvalue weighted by molar-refractivity contribution is 5.83. The summed E-state index contributed by atoms with van der Waals surface area (Å²) in [6.07, 6.45) is 17.7. The molecule has 7 nitrogen and oxygen atoms in total. The minimum atomic E-state index is -0.714. The summed E-state index contributed by atoms with van der Waals surface area (Å²) in [6.45, 7) is 4.91. The number of hydrogen-bond donors (Lipinski definition) is 4. The van der Waals surface area contributed by atoms with Gasteiger partial charge >= 0.3 is 0 Å². The van der Waals surface area contributed by atoms with Crippen molar-refractivity contribution >= 4 is 6.21 Å². The van der Waals surface area contributed by atoms with E-state index in [4.69, 9.17) is 15.2 Å². The second kappa shape index (κ2) is 16.5. The molecule has 0 saturated carbocycles. The number of nitrogens with two attached hydrogens (primary N) is 1. The maximum absolute atomic E-state index is 10.3. The van der Waals surface area contributed by atoms with Gasteiger partial charge in [0, 0.05) is 12.0 Å². The Morgan fingerprint density at radius 3 is 2.69 bits per heavy atom. The van der Waals surface area contributed by atoms with Crippen LogP contribution in [0.3, 0.4) is 0 Å². The van der Waals surface area contributed by atoms with E-state index >= 15 is 0 Å². The van der Waals surface area contributed by atoms with Crippen molar-refractivity contribution in [3.05, 3.63) is 59.7 Å². The van der Waals surface area contributed by atoms with Crippen LogP contribution in [0.25, 0.3) is 0 Å². The number of rotatable bonds is 19. The molecular weight excluding hydrogens is 492 g/mol. The maximum atomic E-state index is 10.3. The number of allylic oxidation sites excluding steroid dienone is 2. The Bertz CT molecular complexity index is 958. The Hall–Kier alpha value is -2.61. The van der Waals surface area contributed by atoms with E-state index in [0.29, 0.717) is 25.2 Å². The van der Waals surface area contributed by atoms with E-state index in [1.54, 1.807) is 13.0 Å². The predicted molar refractivity (Wildman–Crippen MR) is 156 cm³/mol. The molecule has 39 heavy (non-hydrogen) atoms. The van der Waals surface area contributed by atoms with E-state index in [1.807, 2.05) is 18.3 Å². The molecule has 2 heterocycles. The van der Waals surface area contributed by atoms with E-state index in [1.165, 1.54) is 25.7 Å². The number of phenols is 1. The van der Waals surface area contributed by atoms with Crippen molar-refractivity contribution in [3.8, 4) is 11.5 Å². The van der Waals surface area contributed by atoms with E-state index in [-0.39, 0.29) is 17.8 Å². The van der Waals surface area contributed by atoms with Crippen LogP contribution < -0.4 is 10.5 Å². The van der Waals surface area contributed by atoms with Crippen molar-refractivity contribution in [2.75, 3.05) is 13.2 Å². The van der Waals surface area contributed by atoms with E-state index in [9.17, 15) is 15.3 Å². The molecule has 0 amide bonds. The van der Waals surface area contributed by atoms with Crippen LogP contribution in [0.15, 0.2) is 46.7 Å². The van der Waals surface area contributed by atoms with Gasteiger partial charge in [-0.1, -0.05) is 43.9 Å². The number of nitrogens with zero attached hydrogens (tertiary/aromatic N) is 1. The highest BCUT2D eigenvalue weighted by atomic mass is 16.5. The summed E-state index contributed by atoms with van der Waals surface area (Å²) >= 11 is 0. The smallest absolute Gasteiger partial charge is 0.176 e. The highest BCUT2D eigenvalue weighted by Gasteiger charge is 2.26. The third-order valence-electron chi connectivity index (χ3n) is 7.53. The zero-order chi connectivity index (χ0) is 28.0. The van der Waals surface area contributed by atoms with Gasteiger partial charge in [0.25, 0.3) is 0 Å². The second-order valence-electron chi connectivity index (χ2n) is 10.9. The summed E-state index contributed by atoms with van der Waals surface area (Å²) in [5, 5.41) is 29.6. The van der Waals surface area contributed by atoms with Crippen molar-refractivity contribution in [1.82, 2.24) is 0 Å². The molecule has 0 radical (unpaired) electrons. The molecule has 0 fully saturated rings. The zero-order valence-corrected chi connectivity index (χ0v) is 23.7. The number of aromatic hydroxyl groups is 1. The molecular formula is C32H48N2O5. The van der Waals surface area contributed by atoms with E-state index in [0.717, 1.165) is 61.6 Å². The Morgan fingerprint density at radius 1 is 1.10 bits per heavy atom. The number of benzene rings is 1. The molecule has 0 aromatic heterocycles. The lowest BCUT2D eigenvalue weighted by Gasteiger charge is -2.21. The van der Waals surface area contributed by atoms with Crippen LogP contribution in [0.2, 0.25) is 0 Å². The first-order chi connectivity index (χ1) is 18.9. The standard InChI is InChI=1S/C32H48N2O5/c1-23(9-15-30(36)24(2)35)26-21-27(34-22-26)17-19-38-32-20-25(11-16-31(32)37)10-12-29-14-13-28(39-29)8-6-4-3-5-7-18-33/h11,13-14,16,20-24,28,30,35-37H,3-10,12,15,17-19,33H2,1-2H3/t23-,24-,28?,30+/m0/s1. The van der Waals surface area contributed by atoms with Crippen LogP contribution in [0, 0.1) is 18.4 Å². The maximum Gasteiger partial charge on any atom is 0.176 e. The predicted octanol–water partition coefficient (Wildman–Crippen LogP) is 5.58. The molecule has 0 aliphatic carbocycles. The van der Waals surface area contributed by atoms with Crippen LogP contribution in [-0.4, -0.2) is 53.0 Å². The first-order valence-corrected chi connectivity index (χ1v) is 14.7. The topological polar surface area (TPSA) is 118 Å². The molecule has 4 atom stereocenters. The number of hydrogen-bond acceptors (Lipinski definition) is 7. The average Bonchev–Trinajstić information content (AvgIpc) is 3.59. The second-order valence-corrected chi connectivity index (χ2v) is 10.9. The largest absolute Gasteiger partial charge is 0.592 e. The van der Waals surface area contributed by atoms with Gasteiger partial charge in [0.15, 0.2) is 23.8 Å². The van der Waals surface area contributed by atoms with Crippen LogP contribution in [0.5, 0.6) is 11.5 Å². The number of phenolic OH excluding ortho intramolecular Hbond substituents is 1. The Kier molecular flexibility index (Phi) is 13.1. The van der Waals surface area contributed by atoms with Crippen molar-refractivity contribution in [2.24, 2.45) is 16.6 Å². The summed E-state index contributed by atoms with van der Waals surface area (Å²) in [5.74, 6) is 1.89. The van der Waals surface area contributed by atoms with Crippen molar-refractivity contribution < 1.29 is 24.8 Å². The normalized spacial score (nSPS) is 18.8. The van der Waals surface area contributed by atoms with Crippen molar-refractivity contribution in [1.29, 1.82) is 0 Å². The molecule has 1 aromatic rings. The number of aliphatic hydroxyl groups is 2. The van der Waals surface area contributed by atoms with E-state index in [2.05, 4.69) is 30.5 Å². The quantitative estimate of drug-likeness (QED) is 0.134. The van der Waals surface area contributed by atoms with Crippen LogP contribution >= 0.6 is 0 Å². The fraction of sp³-hybridized carbons (Fsp3) is 0.594. The molecule has 0 saturated heterocycles. The molecule has 5 N–H and O–H groups in total. The van der Waals surface area contributed by atoms with Crippen molar-refractivity contribution in [3.63, 3.8) is 0 Å². The first kappa shape index (κ1) is 30.9. The molecule has 0 bridgehead atoms.